The molecule has 0 aromatic heterocycles. The molecule has 0 spiro atoms. The van der Waals surface area contributed by atoms with Gasteiger partial charge in [0.15, 0.2) is 0 Å². The van der Waals surface area contributed by atoms with Crippen LogP contribution in [0, 0.1) is 11.8 Å². The standard InChI is InChI=1S/C19H25N3O4/c1-2-26-18(24)14-5-4-10-22(12-14)19(25)21-16-7-3-6-15(11-16)20-17(23)13-8-9-13/h3,6-7,11,13-14H,2,4-5,8-10,12H2,1H3,(H,20,23)(H,21,25). The molecular weight excluding hydrogens is 334 g/mol. The van der Waals surface area contributed by atoms with Crippen molar-refractivity contribution >= 4 is 29.3 Å². The van der Waals surface area contributed by atoms with Gasteiger partial charge >= 0.3 is 12.0 Å². The predicted molar refractivity (Wildman–Crippen MR) is 97.7 cm³/mol. The molecular formula is C19H25N3O4. The average Bonchev–Trinajstić information content (AvgIpc) is 3.47. The monoisotopic (exact) mass is 359 g/mol. The van der Waals surface area contributed by atoms with Gasteiger partial charge in [-0.05, 0) is 50.8 Å². The normalized spacial score (nSPS) is 19.6. The molecule has 1 aliphatic carbocycles. The van der Waals surface area contributed by atoms with Gasteiger partial charge in [0.2, 0.25) is 5.91 Å². The summed E-state index contributed by atoms with van der Waals surface area (Å²) in [5.41, 5.74) is 1.28. The third-order valence-corrected chi connectivity index (χ3v) is 4.66. The van der Waals surface area contributed by atoms with E-state index >= 15 is 0 Å². The Hall–Kier alpha value is -2.57. The number of piperidine rings is 1. The molecule has 2 aliphatic rings. The first-order chi connectivity index (χ1) is 12.6. The third-order valence-electron chi connectivity index (χ3n) is 4.66. The minimum Gasteiger partial charge on any atom is -0.466 e. The number of rotatable bonds is 5. The fourth-order valence-electron chi connectivity index (χ4n) is 3.08. The maximum atomic E-state index is 12.5. The summed E-state index contributed by atoms with van der Waals surface area (Å²) in [6.07, 6.45) is 3.40. The van der Waals surface area contributed by atoms with Gasteiger partial charge in [0.1, 0.15) is 0 Å². The molecule has 1 aromatic carbocycles. The SMILES string of the molecule is CCOC(=O)C1CCCN(C(=O)Nc2cccc(NC(=O)C3CC3)c2)C1. The molecule has 0 bridgehead atoms. The van der Waals surface area contributed by atoms with Crippen molar-refractivity contribution in [2.24, 2.45) is 11.8 Å². The molecule has 0 radical (unpaired) electrons. The van der Waals surface area contributed by atoms with Crippen LogP contribution in [0.25, 0.3) is 0 Å². The summed E-state index contributed by atoms with van der Waals surface area (Å²) < 4.78 is 5.07. The number of carbonyl (C=O) groups is 3. The van der Waals surface area contributed by atoms with Crippen LogP contribution in [0.15, 0.2) is 24.3 Å². The molecule has 1 aromatic rings. The minimum atomic E-state index is -0.265. The molecule has 2 fully saturated rings. The van der Waals surface area contributed by atoms with Crippen LogP contribution in [0.5, 0.6) is 0 Å². The Balaban J connectivity index is 1.56. The summed E-state index contributed by atoms with van der Waals surface area (Å²) in [5.74, 6) is -0.350. The van der Waals surface area contributed by atoms with E-state index in [1.807, 2.05) is 0 Å². The number of hydrogen-bond donors (Lipinski definition) is 2. The summed E-state index contributed by atoms with van der Waals surface area (Å²) in [6, 6.07) is 6.86. The van der Waals surface area contributed by atoms with Gasteiger partial charge in [-0.15, -0.1) is 0 Å². The van der Waals surface area contributed by atoms with Crippen LogP contribution < -0.4 is 10.6 Å². The van der Waals surface area contributed by atoms with Crippen molar-refractivity contribution < 1.29 is 19.1 Å². The highest BCUT2D eigenvalue weighted by atomic mass is 16.5. The van der Waals surface area contributed by atoms with Crippen LogP contribution in [0.1, 0.15) is 32.6 Å². The Kier molecular flexibility index (Phi) is 5.75. The fourth-order valence-corrected chi connectivity index (χ4v) is 3.08. The molecule has 1 atom stereocenters. The lowest BCUT2D eigenvalue weighted by Gasteiger charge is -2.31. The smallest absolute Gasteiger partial charge is 0.321 e. The van der Waals surface area contributed by atoms with Crippen molar-refractivity contribution in [3.05, 3.63) is 24.3 Å². The van der Waals surface area contributed by atoms with Crippen LogP contribution in [-0.2, 0) is 14.3 Å². The van der Waals surface area contributed by atoms with Gasteiger partial charge in [-0.1, -0.05) is 6.07 Å². The summed E-state index contributed by atoms with van der Waals surface area (Å²) in [5, 5.41) is 5.71. The highest BCUT2D eigenvalue weighted by Gasteiger charge is 2.30. The van der Waals surface area contributed by atoms with Crippen LogP contribution in [0.2, 0.25) is 0 Å². The summed E-state index contributed by atoms with van der Waals surface area (Å²) >= 11 is 0. The van der Waals surface area contributed by atoms with Crippen molar-refractivity contribution in [3.63, 3.8) is 0 Å². The van der Waals surface area contributed by atoms with Crippen molar-refractivity contribution in [3.8, 4) is 0 Å². The van der Waals surface area contributed by atoms with Gasteiger partial charge in [-0.25, -0.2) is 4.79 Å². The van der Waals surface area contributed by atoms with E-state index in [4.69, 9.17) is 4.74 Å². The van der Waals surface area contributed by atoms with Gasteiger partial charge in [-0.2, -0.15) is 0 Å². The Morgan fingerprint density at radius 1 is 1.12 bits per heavy atom. The predicted octanol–water partition coefficient (Wildman–Crippen LogP) is 2.84. The Morgan fingerprint density at radius 3 is 2.54 bits per heavy atom. The van der Waals surface area contributed by atoms with Gasteiger partial charge in [-0.3, -0.25) is 9.59 Å². The Labute approximate surface area is 153 Å². The first kappa shape index (κ1) is 18.2. The first-order valence-electron chi connectivity index (χ1n) is 9.20. The van der Waals surface area contributed by atoms with E-state index in [1.54, 1.807) is 36.1 Å². The second-order valence-corrected chi connectivity index (χ2v) is 6.81. The average molecular weight is 359 g/mol. The maximum absolute atomic E-state index is 12.5. The number of esters is 1. The molecule has 140 valence electrons. The zero-order valence-corrected chi connectivity index (χ0v) is 15.0. The molecule has 1 saturated carbocycles. The van der Waals surface area contributed by atoms with E-state index < -0.39 is 0 Å². The fraction of sp³-hybridized carbons (Fsp3) is 0.526. The summed E-state index contributed by atoms with van der Waals surface area (Å²) in [6.45, 7) is 3.10. The lowest BCUT2D eigenvalue weighted by molar-refractivity contribution is -0.149. The highest BCUT2D eigenvalue weighted by Crippen LogP contribution is 2.30. The number of nitrogens with one attached hydrogen (secondary N) is 2. The van der Waals surface area contributed by atoms with E-state index in [9.17, 15) is 14.4 Å². The number of amides is 3. The van der Waals surface area contributed by atoms with Crippen molar-refractivity contribution in [2.45, 2.75) is 32.6 Å². The third kappa shape index (κ3) is 4.74. The molecule has 3 amide bonds. The van der Waals surface area contributed by atoms with E-state index in [2.05, 4.69) is 10.6 Å². The number of anilines is 2. The molecule has 3 rings (SSSR count). The summed E-state index contributed by atoms with van der Waals surface area (Å²) in [4.78, 5) is 37.9. The quantitative estimate of drug-likeness (QED) is 0.792. The van der Waals surface area contributed by atoms with Gasteiger partial charge in [0, 0.05) is 30.4 Å². The van der Waals surface area contributed by atoms with Crippen LogP contribution in [0.4, 0.5) is 16.2 Å². The van der Waals surface area contributed by atoms with Crippen molar-refractivity contribution in [1.29, 1.82) is 0 Å². The number of benzene rings is 1. The molecule has 26 heavy (non-hydrogen) atoms. The summed E-state index contributed by atoms with van der Waals surface area (Å²) in [7, 11) is 0. The number of likely N-dealkylation sites (tertiary alicyclic amines) is 1. The van der Waals surface area contributed by atoms with Crippen LogP contribution in [0.3, 0.4) is 0 Å². The van der Waals surface area contributed by atoms with E-state index in [0.29, 0.717) is 31.1 Å². The van der Waals surface area contributed by atoms with Crippen LogP contribution >= 0.6 is 0 Å². The molecule has 1 saturated heterocycles. The van der Waals surface area contributed by atoms with Gasteiger partial charge in [0.05, 0.1) is 12.5 Å². The minimum absolute atomic E-state index is 0.0294. The Morgan fingerprint density at radius 2 is 1.85 bits per heavy atom. The second-order valence-electron chi connectivity index (χ2n) is 6.81. The first-order valence-corrected chi connectivity index (χ1v) is 9.20. The highest BCUT2D eigenvalue weighted by molar-refractivity contribution is 5.95. The number of carbonyl (C=O) groups excluding carboxylic acids is 3. The lowest BCUT2D eigenvalue weighted by atomic mass is 9.98. The number of nitrogens with zero attached hydrogens (tertiary/aromatic N) is 1. The molecule has 1 unspecified atom stereocenters. The molecule has 7 nitrogen and oxygen atoms in total. The number of ether oxygens (including phenoxy) is 1. The lowest BCUT2D eigenvalue weighted by Crippen LogP contribution is -2.44. The second kappa shape index (κ2) is 8.21. The largest absolute Gasteiger partial charge is 0.466 e. The van der Waals surface area contributed by atoms with Crippen molar-refractivity contribution in [1.82, 2.24) is 4.90 Å². The molecule has 2 N–H and O–H groups in total. The number of urea groups is 1. The maximum Gasteiger partial charge on any atom is 0.321 e. The molecule has 7 heteroatoms. The molecule has 1 heterocycles. The van der Waals surface area contributed by atoms with Gasteiger partial charge < -0.3 is 20.3 Å². The van der Waals surface area contributed by atoms with Crippen LogP contribution in [-0.4, -0.2) is 42.5 Å². The topological polar surface area (TPSA) is 87.7 Å². The molecule has 1 aliphatic heterocycles. The zero-order chi connectivity index (χ0) is 18.5. The van der Waals surface area contributed by atoms with Gasteiger partial charge in [0.25, 0.3) is 0 Å². The van der Waals surface area contributed by atoms with E-state index in [-0.39, 0.29) is 29.7 Å². The Bertz CT molecular complexity index is 687. The zero-order valence-electron chi connectivity index (χ0n) is 15.0. The number of hydrogen-bond acceptors (Lipinski definition) is 4. The van der Waals surface area contributed by atoms with E-state index in [1.165, 1.54) is 0 Å². The van der Waals surface area contributed by atoms with Crippen molar-refractivity contribution in [2.75, 3.05) is 30.3 Å². The van der Waals surface area contributed by atoms with E-state index in [0.717, 1.165) is 25.7 Å².